The second-order valence-corrected chi connectivity index (χ2v) is 5.78. The molecule has 5 nitrogen and oxygen atoms in total. The number of thiazole rings is 1. The molecule has 0 fully saturated rings. The maximum absolute atomic E-state index is 12.1. The van der Waals surface area contributed by atoms with Crippen molar-refractivity contribution in [2.75, 3.05) is 12.4 Å². The zero-order valence-electron chi connectivity index (χ0n) is 12.0. The molecule has 0 atom stereocenters. The van der Waals surface area contributed by atoms with Gasteiger partial charge in [-0.2, -0.15) is 0 Å². The molecule has 0 aliphatic rings. The zero-order valence-corrected chi connectivity index (χ0v) is 12.9. The number of aromatic nitrogens is 1. The van der Waals surface area contributed by atoms with Gasteiger partial charge in [0.05, 0.1) is 13.3 Å². The van der Waals surface area contributed by atoms with Crippen LogP contribution in [0.3, 0.4) is 0 Å². The molecule has 0 bridgehead atoms. The fraction of sp³-hybridized carbons (Fsp3) is 0.267. The smallest absolute Gasteiger partial charge is 0.349 e. The minimum Gasteiger partial charge on any atom is -0.465 e. The fourth-order valence-corrected chi connectivity index (χ4v) is 2.45. The molecule has 110 valence electrons. The molecule has 0 aliphatic carbocycles. The van der Waals surface area contributed by atoms with Crippen molar-refractivity contribution in [2.45, 2.75) is 19.8 Å². The summed E-state index contributed by atoms with van der Waals surface area (Å²) in [6, 6.07) is 7.42. The van der Waals surface area contributed by atoms with Crippen LogP contribution in [0.4, 0.5) is 5.13 Å². The Balaban J connectivity index is 2.07. The molecule has 0 aliphatic heterocycles. The predicted molar refractivity (Wildman–Crippen MR) is 81.9 cm³/mol. The molecule has 0 saturated carbocycles. The third-order valence-corrected chi connectivity index (χ3v) is 3.85. The molecule has 0 radical (unpaired) electrons. The van der Waals surface area contributed by atoms with E-state index in [-0.39, 0.29) is 5.91 Å². The predicted octanol–water partition coefficient (Wildman–Crippen LogP) is 3.31. The Bertz CT molecular complexity index is 647. The number of amides is 1. The van der Waals surface area contributed by atoms with E-state index in [0.717, 1.165) is 11.3 Å². The summed E-state index contributed by atoms with van der Waals surface area (Å²) < 4.78 is 4.59. The minimum atomic E-state index is -0.464. The molecule has 2 rings (SSSR count). The molecule has 1 amide bonds. The number of hydrogen-bond donors (Lipinski definition) is 1. The molecular formula is C15H16N2O3S. The van der Waals surface area contributed by atoms with E-state index < -0.39 is 5.97 Å². The van der Waals surface area contributed by atoms with Crippen LogP contribution in [-0.2, 0) is 4.74 Å². The van der Waals surface area contributed by atoms with Crippen LogP contribution in [0.1, 0.15) is 45.4 Å². The van der Waals surface area contributed by atoms with Crippen molar-refractivity contribution in [1.82, 2.24) is 4.98 Å². The number of methoxy groups -OCH3 is 1. The zero-order chi connectivity index (χ0) is 15.4. The first-order chi connectivity index (χ1) is 10.0. The van der Waals surface area contributed by atoms with Gasteiger partial charge in [0.15, 0.2) is 5.13 Å². The minimum absolute atomic E-state index is 0.254. The van der Waals surface area contributed by atoms with Crippen LogP contribution in [0.5, 0.6) is 0 Å². The van der Waals surface area contributed by atoms with Gasteiger partial charge in [0, 0.05) is 5.56 Å². The molecule has 1 N–H and O–H groups in total. The number of hydrogen-bond acceptors (Lipinski definition) is 5. The summed E-state index contributed by atoms with van der Waals surface area (Å²) in [7, 11) is 1.30. The lowest BCUT2D eigenvalue weighted by atomic mass is 10.0. The quantitative estimate of drug-likeness (QED) is 0.880. The standard InChI is InChI=1S/C15H16N2O3S/c1-9(2)10-4-6-11(7-5-10)13(18)17-15-16-8-12(21-15)14(19)20-3/h4-9H,1-3H3,(H,16,17,18). The van der Waals surface area contributed by atoms with E-state index in [1.165, 1.54) is 18.9 Å². The van der Waals surface area contributed by atoms with Gasteiger partial charge < -0.3 is 4.74 Å². The number of carbonyl (C=O) groups excluding carboxylic acids is 2. The number of benzene rings is 1. The number of ether oxygens (including phenoxy) is 1. The van der Waals surface area contributed by atoms with Gasteiger partial charge in [-0.3, -0.25) is 10.1 Å². The van der Waals surface area contributed by atoms with E-state index in [4.69, 9.17) is 0 Å². The molecule has 0 saturated heterocycles. The molecule has 1 aromatic carbocycles. The highest BCUT2D eigenvalue weighted by atomic mass is 32.1. The number of esters is 1. The Morgan fingerprint density at radius 3 is 2.48 bits per heavy atom. The molecule has 0 spiro atoms. The van der Waals surface area contributed by atoms with Gasteiger partial charge in [0.2, 0.25) is 0 Å². The van der Waals surface area contributed by atoms with E-state index in [1.807, 2.05) is 12.1 Å². The highest BCUT2D eigenvalue weighted by molar-refractivity contribution is 7.17. The summed E-state index contributed by atoms with van der Waals surface area (Å²) in [6.07, 6.45) is 1.38. The van der Waals surface area contributed by atoms with Crippen molar-refractivity contribution in [2.24, 2.45) is 0 Å². The summed E-state index contributed by atoms with van der Waals surface area (Å²) in [6.45, 7) is 4.19. The van der Waals surface area contributed by atoms with E-state index >= 15 is 0 Å². The van der Waals surface area contributed by atoms with Crippen molar-refractivity contribution in [3.8, 4) is 0 Å². The van der Waals surface area contributed by atoms with E-state index in [9.17, 15) is 9.59 Å². The van der Waals surface area contributed by atoms with Crippen LogP contribution in [-0.4, -0.2) is 24.0 Å². The third-order valence-electron chi connectivity index (χ3n) is 2.95. The Kier molecular flexibility index (Phi) is 4.70. The lowest BCUT2D eigenvalue weighted by Gasteiger charge is -2.06. The lowest BCUT2D eigenvalue weighted by Crippen LogP contribution is -2.11. The Morgan fingerprint density at radius 2 is 1.90 bits per heavy atom. The first-order valence-electron chi connectivity index (χ1n) is 6.46. The largest absolute Gasteiger partial charge is 0.465 e. The van der Waals surface area contributed by atoms with E-state index in [2.05, 4.69) is 28.9 Å². The van der Waals surface area contributed by atoms with Crippen LogP contribution in [0.2, 0.25) is 0 Å². The monoisotopic (exact) mass is 304 g/mol. The third kappa shape index (κ3) is 3.66. The number of carbonyl (C=O) groups is 2. The number of anilines is 1. The lowest BCUT2D eigenvalue weighted by molar-refractivity contribution is 0.0606. The molecule has 1 heterocycles. The average molecular weight is 304 g/mol. The van der Waals surface area contributed by atoms with Gasteiger partial charge in [-0.1, -0.05) is 37.3 Å². The Morgan fingerprint density at radius 1 is 1.24 bits per heavy atom. The van der Waals surface area contributed by atoms with Crippen LogP contribution in [0.15, 0.2) is 30.5 Å². The summed E-state index contributed by atoms with van der Waals surface area (Å²) in [5.74, 6) is -0.297. The summed E-state index contributed by atoms with van der Waals surface area (Å²) in [5.41, 5.74) is 1.72. The van der Waals surface area contributed by atoms with Gasteiger partial charge in [0.1, 0.15) is 4.88 Å². The van der Waals surface area contributed by atoms with Gasteiger partial charge in [0.25, 0.3) is 5.91 Å². The van der Waals surface area contributed by atoms with Crippen LogP contribution < -0.4 is 5.32 Å². The second-order valence-electron chi connectivity index (χ2n) is 4.75. The number of nitrogens with one attached hydrogen (secondary N) is 1. The topological polar surface area (TPSA) is 68.3 Å². The summed E-state index contributed by atoms with van der Waals surface area (Å²) in [4.78, 5) is 27.7. The van der Waals surface area contributed by atoms with Crippen molar-refractivity contribution in [3.05, 3.63) is 46.5 Å². The second kappa shape index (κ2) is 6.49. The molecule has 1 aromatic heterocycles. The van der Waals surface area contributed by atoms with Crippen molar-refractivity contribution in [3.63, 3.8) is 0 Å². The van der Waals surface area contributed by atoms with Crippen LogP contribution in [0.25, 0.3) is 0 Å². The average Bonchev–Trinajstić information content (AvgIpc) is 2.95. The first-order valence-corrected chi connectivity index (χ1v) is 7.28. The molecular weight excluding hydrogens is 288 g/mol. The molecule has 21 heavy (non-hydrogen) atoms. The van der Waals surface area contributed by atoms with Crippen molar-refractivity contribution in [1.29, 1.82) is 0 Å². The van der Waals surface area contributed by atoms with Crippen LogP contribution in [0, 0.1) is 0 Å². The summed E-state index contributed by atoms with van der Waals surface area (Å²) in [5, 5.41) is 3.04. The molecule has 6 heteroatoms. The van der Waals surface area contributed by atoms with Crippen molar-refractivity contribution >= 4 is 28.3 Å². The summed E-state index contributed by atoms with van der Waals surface area (Å²) >= 11 is 1.08. The highest BCUT2D eigenvalue weighted by Gasteiger charge is 2.13. The first kappa shape index (κ1) is 15.2. The maximum Gasteiger partial charge on any atom is 0.349 e. The van der Waals surface area contributed by atoms with Gasteiger partial charge in [-0.15, -0.1) is 0 Å². The van der Waals surface area contributed by atoms with Gasteiger partial charge in [-0.25, -0.2) is 9.78 Å². The number of rotatable bonds is 4. The molecule has 0 unspecified atom stereocenters. The molecule has 2 aromatic rings. The van der Waals surface area contributed by atoms with E-state index in [0.29, 0.717) is 21.5 Å². The van der Waals surface area contributed by atoms with Gasteiger partial charge in [-0.05, 0) is 23.6 Å². The highest BCUT2D eigenvalue weighted by Crippen LogP contribution is 2.20. The van der Waals surface area contributed by atoms with Crippen molar-refractivity contribution < 1.29 is 14.3 Å². The van der Waals surface area contributed by atoms with Crippen LogP contribution >= 0.6 is 11.3 Å². The maximum atomic E-state index is 12.1. The van der Waals surface area contributed by atoms with E-state index in [1.54, 1.807) is 12.1 Å². The SMILES string of the molecule is COC(=O)c1cnc(NC(=O)c2ccc(C(C)C)cc2)s1. The van der Waals surface area contributed by atoms with Gasteiger partial charge >= 0.3 is 5.97 Å². The number of nitrogens with zero attached hydrogens (tertiary/aromatic N) is 1. The Hall–Kier alpha value is -2.21. The Labute approximate surface area is 127 Å². The fourth-order valence-electron chi connectivity index (χ4n) is 1.72. The normalized spacial score (nSPS) is 10.5.